The van der Waals surface area contributed by atoms with Gasteiger partial charge in [0.15, 0.2) is 0 Å². The smallest absolute Gasteiger partial charge is 0.316 e. The van der Waals surface area contributed by atoms with E-state index in [4.69, 9.17) is 5.73 Å². The molecule has 1 saturated carbocycles. The number of nitrogens with one attached hydrogen (secondary N) is 1. The van der Waals surface area contributed by atoms with Crippen molar-refractivity contribution in [3.05, 3.63) is 29.8 Å². The summed E-state index contributed by atoms with van der Waals surface area (Å²) in [6.45, 7) is 0. The van der Waals surface area contributed by atoms with Gasteiger partial charge in [0.05, 0.1) is 5.60 Å². The van der Waals surface area contributed by atoms with Gasteiger partial charge in [-0.25, -0.2) is 4.79 Å². The molecule has 1 aromatic carbocycles. The summed E-state index contributed by atoms with van der Waals surface area (Å²) in [7, 11) is 0. The number of urea groups is 1. The molecule has 2 amide bonds. The first-order chi connectivity index (χ1) is 7.07. The predicted octanol–water partition coefficient (Wildman–Crippen LogP) is 1.24. The minimum absolute atomic E-state index is 0.509. The third-order valence-electron chi connectivity index (χ3n) is 2.55. The van der Waals surface area contributed by atoms with Gasteiger partial charge in [0.1, 0.15) is 0 Å². The van der Waals surface area contributed by atoms with Crippen molar-refractivity contribution in [3.63, 3.8) is 0 Å². The lowest BCUT2D eigenvalue weighted by molar-refractivity contribution is 0.151. The Bertz CT molecular complexity index is 386. The first-order valence-corrected chi connectivity index (χ1v) is 4.95. The van der Waals surface area contributed by atoms with Crippen molar-refractivity contribution < 1.29 is 9.90 Å². The second kappa shape index (κ2) is 3.55. The maximum atomic E-state index is 10.6. The van der Waals surface area contributed by atoms with Crippen molar-refractivity contribution in [3.8, 4) is 0 Å². The topological polar surface area (TPSA) is 75.4 Å². The zero-order chi connectivity index (χ0) is 10.9. The summed E-state index contributed by atoms with van der Waals surface area (Å²) in [5.74, 6) is 0. The van der Waals surface area contributed by atoms with E-state index >= 15 is 0 Å². The lowest BCUT2D eigenvalue weighted by atomic mass is 10.1. The van der Waals surface area contributed by atoms with E-state index < -0.39 is 11.6 Å². The normalized spacial score (nSPS) is 17.1. The highest BCUT2D eigenvalue weighted by Gasteiger charge is 2.40. The number of hydrogen-bond donors (Lipinski definition) is 3. The molecule has 0 unspecified atom stereocenters. The number of rotatable bonds is 3. The average Bonchev–Trinajstić information content (AvgIpc) is 2.82. The highest BCUT2D eigenvalue weighted by Crippen LogP contribution is 2.38. The molecule has 1 fully saturated rings. The lowest BCUT2D eigenvalue weighted by Crippen LogP contribution is -2.19. The van der Waals surface area contributed by atoms with Gasteiger partial charge in [-0.15, -0.1) is 0 Å². The monoisotopic (exact) mass is 206 g/mol. The van der Waals surface area contributed by atoms with Gasteiger partial charge in [0, 0.05) is 12.1 Å². The molecule has 0 aromatic heterocycles. The van der Waals surface area contributed by atoms with Gasteiger partial charge in [-0.05, 0) is 30.5 Å². The van der Waals surface area contributed by atoms with Crippen LogP contribution in [0.2, 0.25) is 0 Å². The minimum Gasteiger partial charge on any atom is -0.390 e. The van der Waals surface area contributed by atoms with Crippen LogP contribution in [0.1, 0.15) is 18.4 Å². The van der Waals surface area contributed by atoms with Crippen LogP contribution in [-0.2, 0) is 6.42 Å². The molecule has 0 radical (unpaired) electrons. The Morgan fingerprint density at radius 1 is 1.53 bits per heavy atom. The van der Waals surface area contributed by atoms with Crippen molar-refractivity contribution in [2.75, 3.05) is 5.32 Å². The third kappa shape index (κ3) is 2.70. The maximum Gasteiger partial charge on any atom is 0.316 e. The Labute approximate surface area is 88.1 Å². The van der Waals surface area contributed by atoms with E-state index in [-0.39, 0.29) is 0 Å². The Morgan fingerprint density at radius 2 is 2.27 bits per heavy atom. The summed E-state index contributed by atoms with van der Waals surface area (Å²) >= 11 is 0. The van der Waals surface area contributed by atoms with E-state index in [1.807, 2.05) is 18.2 Å². The van der Waals surface area contributed by atoms with Crippen molar-refractivity contribution in [2.24, 2.45) is 5.73 Å². The SMILES string of the molecule is NC(=O)Nc1cccc(CC2(O)CC2)c1. The molecule has 80 valence electrons. The van der Waals surface area contributed by atoms with Crippen LogP contribution in [0, 0.1) is 0 Å². The molecular formula is C11H14N2O2. The Balaban J connectivity index is 2.08. The average molecular weight is 206 g/mol. The van der Waals surface area contributed by atoms with E-state index in [0.29, 0.717) is 12.1 Å². The van der Waals surface area contributed by atoms with Crippen molar-refractivity contribution >= 4 is 11.7 Å². The fourth-order valence-corrected chi connectivity index (χ4v) is 1.60. The van der Waals surface area contributed by atoms with Gasteiger partial charge in [-0.1, -0.05) is 12.1 Å². The summed E-state index contributed by atoms with van der Waals surface area (Å²) in [5, 5.41) is 12.3. The highest BCUT2D eigenvalue weighted by molar-refractivity contribution is 5.87. The number of anilines is 1. The number of nitrogens with two attached hydrogens (primary N) is 1. The van der Waals surface area contributed by atoms with Gasteiger partial charge in [0.2, 0.25) is 0 Å². The van der Waals surface area contributed by atoms with Crippen LogP contribution in [0.4, 0.5) is 10.5 Å². The minimum atomic E-state index is -0.572. The van der Waals surface area contributed by atoms with E-state index in [2.05, 4.69) is 5.32 Å². The van der Waals surface area contributed by atoms with Crippen LogP contribution in [0.3, 0.4) is 0 Å². The van der Waals surface area contributed by atoms with Gasteiger partial charge in [-0.2, -0.15) is 0 Å². The van der Waals surface area contributed by atoms with E-state index in [1.165, 1.54) is 0 Å². The summed E-state index contributed by atoms with van der Waals surface area (Å²) in [4.78, 5) is 10.6. The predicted molar refractivity (Wildman–Crippen MR) is 57.5 cm³/mol. The number of hydrogen-bond acceptors (Lipinski definition) is 2. The number of aliphatic hydroxyl groups is 1. The maximum absolute atomic E-state index is 10.6. The fourth-order valence-electron chi connectivity index (χ4n) is 1.60. The van der Waals surface area contributed by atoms with Crippen molar-refractivity contribution in [1.82, 2.24) is 0 Å². The Hall–Kier alpha value is -1.55. The molecule has 15 heavy (non-hydrogen) atoms. The molecule has 0 atom stereocenters. The van der Waals surface area contributed by atoms with Crippen LogP contribution < -0.4 is 11.1 Å². The van der Waals surface area contributed by atoms with Crippen LogP contribution in [-0.4, -0.2) is 16.7 Å². The first-order valence-electron chi connectivity index (χ1n) is 4.95. The molecule has 0 spiro atoms. The second-order valence-corrected chi connectivity index (χ2v) is 4.09. The molecule has 0 aliphatic heterocycles. The molecule has 0 saturated heterocycles. The van der Waals surface area contributed by atoms with E-state index in [0.717, 1.165) is 18.4 Å². The van der Waals surface area contributed by atoms with Crippen molar-refractivity contribution in [2.45, 2.75) is 24.9 Å². The first kappa shape index (κ1) is 9.98. The molecular weight excluding hydrogens is 192 g/mol. The standard InChI is InChI=1S/C11H14N2O2/c12-10(14)13-9-3-1-2-8(6-9)7-11(15)4-5-11/h1-3,6,15H,4-5,7H2,(H3,12,13,14). The number of primary amides is 1. The number of carbonyl (C=O) groups excluding carboxylic acids is 1. The zero-order valence-corrected chi connectivity index (χ0v) is 8.36. The van der Waals surface area contributed by atoms with Gasteiger partial charge in [-0.3, -0.25) is 0 Å². The van der Waals surface area contributed by atoms with Gasteiger partial charge >= 0.3 is 6.03 Å². The molecule has 1 aliphatic carbocycles. The Morgan fingerprint density at radius 3 is 2.87 bits per heavy atom. The zero-order valence-electron chi connectivity index (χ0n) is 8.36. The summed E-state index contributed by atoms with van der Waals surface area (Å²) in [5.41, 5.74) is 6.19. The van der Waals surface area contributed by atoms with Crippen LogP contribution in [0.5, 0.6) is 0 Å². The molecule has 4 nitrogen and oxygen atoms in total. The Kier molecular flexibility index (Phi) is 2.36. The third-order valence-corrected chi connectivity index (χ3v) is 2.55. The molecule has 1 aliphatic rings. The van der Waals surface area contributed by atoms with E-state index in [1.54, 1.807) is 6.07 Å². The summed E-state index contributed by atoms with van der Waals surface area (Å²) in [6, 6.07) is 6.80. The largest absolute Gasteiger partial charge is 0.390 e. The molecule has 4 N–H and O–H groups in total. The molecule has 4 heteroatoms. The molecule has 2 rings (SSSR count). The van der Waals surface area contributed by atoms with Crippen LogP contribution in [0.15, 0.2) is 24.3 Å². The lowest BCUT2D eigenvalue weighted by Gasteiger charge is -2.09. The second-order valence-electron chi connectivity index (χ2n) is 4.09. The van der Waals surface area contributed by atoms with E-state index in [9.17, 15) is 9.90 Å². The number of carbonyl (C=O) groups is 1. The molecule has 0 heterocycles. The van der Waals surface area contributed by atoms with Gasteiger partial charge in [0.25, 0.3) is 0 Å². The fraction of sp³-hybridized carbons (Fsp3) is 0.364. The van der Waals surface area contributed by atoms with Crippen LogP contribution >= 0.6 is 0 Å². The summed E-state index contributed by atoms with van der Waals surface area (Å²) in [6.07, 6.45) is 2.36. The summed E-state index contributed by atoms with van der Waals surface area (Å²) < 4.78 is 0. The van der Waals surface area contributed by atoms with Crippen LogP contribution in [0.25, 0.3) is 0 Å². The highest BCUT2D eigenvalue weighted by atomic mass is 16.3. The quantitative estimate of drug-likeness (QED) is 0.696. The van der Waals surface area contributed by atoms with Crippen molar-refractivity contribution in [1.29, 1.82) is 0 Å². The number of benzene rings is 1. The molecule has 0 bridgehead atoms. The number of amides is 2. The molecule has 1 aromatic rings. The van der Waals surface area contributed by atoms with Gasteiger partial charge < -0.3 is 16.2 Å².